The van der Waals surface area contributed by atoms with Crippen molar-refractivity contribution in [3.8, 4) is 11.3 Å². The molecule has 1 aromatic heterocycles. The number of hydrogen-bond acceptors (Lipinski definition) is 7. The number of nitrogens with zero attached hydrogens (tertiary/aromatic N) is 5. The fraction of sp³-hybridized carbons (Fsp3) is 0.250. The van der Waals surface area contributed by atoms with Gasteiger partial charge in [-0.2, -0.15) is 0 Å². The SMILES string of the molecule is C=CCN(C(=O)c1ccc(N2CCN(C)CC2)c([N+](=O)[O-])c1)c1nc(-c2ccccc2)cs1. The van der Waals surface area contributed by atoms with Crippen molar-refractivity contribution in [1.29, 1.82) is 0 Å². The lowest BCUT2D eigenvalue weighted by Crippen LogP contribution is -2.44. The van der Waals surface area contributed by atoms with Gasteiger partial charge in [-0.25, -0.2) is 4.98 Å². The van der Waals surface area contributed by atoms with Gasteiger partial charge in [0.25, 0.3) is 11.6 Å². The van der Waals surface area contributed by atoms with Crippen LogP contribution in [-0.4, -0.2) is 60.5 Å². The molecule has 2 heterocycles. The molecule has 0 radical (unpaired) electrons. The lowest BCUT2D eigenvalue weighted by molar-refractivity contribution is -0.384. The molecule has 0 bridgehead atoms. The van der Waals surface area contributed by atoms with Crippen molar-refractivity contribution in [1.82, 2.24) is 9.88 Å². The monoisotopic (exact) mass is 463 g/mol. The number of thiazole rings is 1. The number of nitro benzene ring substituents is 1. The second kappa shape index (κ2) is 9.93. The molecule has 1 amide bonds. The third-order valence-corrected chi connectivity index (χ3v) is 6.48. The Balaban J connectivity index is 1.63. The molecule has 9 heteroatoms. The van der Waals surface area contributed by atoms with Crippen molar-refractivity contribution in [2.75, 3.05) is 49.6 Å². The lowest BCUT2D eigenvalue weighted by Gasteiger charge is -2.33. The second-order valence-corrected chi connectivity index (χ2v) is 8.67. The highest BCUT2D eigenvalue weighted by molar-refractivity contribution is 7.14. The zero-order chi connectivity index (χ0) is 23.4. The first-order valence-electron chi connectivity index (χ1n) is 10.6. The average molecular weight is 464 g/mol. The Labute approximate surface area is 196 Å². The molecule has 1 saturated heterocycles. The van der Waals surface area contributed by atoms with Crippen LogP contribution in [-0.2, 0) is 0 Å². The van der Waals surface area contributed by atoms with E-state index in [0.29, 0.717) is 23.9 Å². The maximum Gasteiger partial charge on any atom is 0.293 e. The molecule has 2 aromatic carbocycles. The van der Waals surface area contributed by atoms with Crippen molar-refractivity contribution >= 4 is 33.8 Å². The van der Waals surface area contributed by atoms with Crippen LogP contribution in [0.2, 0.25) is 0 Å². The van der Waals surface area contributed by atoms with E-state index < -0.39 is 4.92 Å². The van der Waals surface area contributed by atoms with Gasteiger partial charge >= 0.3 is 0 Å². The molecule has 1 aliphatic rings. The van der Waals surface area contributed by atoms with Gasteiger partial charge in [-0.15, -0.1) is 17.9 Å². The van der Waals surface area contributed by atoms with Crippen LogP contribution in [0.25, 0.3) is 11.3 Å². The summed E-state index contributed by atoms with van der Waals surface area (Å²) in [6.07, 6.45) is 1.62. The number of hydrogen-bond donors (Lipinski definition) is 0. The predicted octanol–water partition coefficient (Wildman–Crippen LogP) is 4.30. The molecular weight excluding hydrogens is 438 g/mol. The topological polar surface area (TPSA) is 82.8 Å². The number of aromatic nitrogens is 1. The molecule has 4 rings (SSSR count). The summed E-state index contributed by atoms with van der Waals surface area (Å²) in [4.78, 5) is 35.1. The quantitative estimate of drug-likeness (QED) is 0.295. The number of benzene rings is 2. The van der Waals surface area contributed by atoms with Gasteiger partial charge < -0.3 is 9.80 Å². The summed E-state index contributed by atoms with van der Waals surface area (Å²) in [6, 6.07) is 14.4. The van der Waals surface area contributed by atoms with E-state index in [-0.39, 0.29) is 23.7 Å². The first kappa shape index (κ1) is 22.6. The van der Waals surface area contributed by atoms with Gasteiger partial charge in [0.1, 0.15) is 5.69 Å². The largest absolute Gasteiger partial charge is 0.363 e. The van der Waals surface area contributed by atoms with E-state index in [1.165, 1.54) is 22.3 Å². The highest BCUT2D eigenvalue weighted by atomic mass is 32.1. The van der Waals surface area contributed by atoms with Crippen LogP contribution in [0, 0.1) is 10.1 Å². The minimum atomic E-state index is -0.417. The summed E-state index contributed by atoms with van der Waals surface area (Å²) < 4.78 is 0. The summed E-state index contributed by atoms with van der Waals surface area (Å²) in [5.41, 5.74) is 2.46. The molecule has 1 fully saturated rings. The summed E-state index contributed by atoms with van der Waals surface area (Å²) in [5.74, 6) is -0.350. The van der Waals surface area contributed by atoms with Crippen LogP contribution in [0.4, 0.5) is 16.5 Å². The number of anilines is 2. The van der Waals surface area contributed by atoms with Crippen molar-refractivity contribution in [3.63, 3.8) is 0 Å². The van der Waals surface area contributed by atoms with Gasteiger partial charge in [-0.1, -0.05) is 36.4 Å². The molecule has 33 heavy (non-hydrogen) atoms. The third-order valence-electron chi connectivity index (χ3n) is 5.61. The molecule has 0 saturated carbocycles. The second-order valence-electron chi connectivity index (χ2n) is 7.84. The standard InChI is InChI=1S/C24H25N5O3S/c1-3-11-28(24-25-20(17-33-24)18-7-5-4-6-8-18)23(30)19-9-10-21(22(16-19)29(31)32)27-14-12-26(2)13-15-27/h3-10,16-17H,1,11-15H2,2H3. The van der Waals surface area contributed by atoms with E-state index in [4.69, 9.17) is 0 Å². The Kier molecular flexibility index (Phi) is 6.81. The summed E-state index contributed by atoms with van der Waals surface area (Å²) in [7, 11) is 2.03. The highest BCUT2D eigenvalue weighted by Crippen LogP contribution is 2.32. The smallest absolute Gasteiger partial charge is 0.293 e. The van der Waals surface area contributed by atoms with Crippen LogP contribution in [0.3, 0.4) is 0 Å². The lowest BCUT2D eigenvalue weighted by atomic mass is 10.1. The van der Waals surface area contributed by atoms with Gasteiger partial charge in [0.05, 0.1) is 10.6 Å². The van der Waals surface area contributed by atoms with Crippen LogP contribution in [0.15, 0.2) is 66.6 Å². The van der Waals surface area contributed by atoms with E-state index >= 15 is 0 Å². The van der Waals surface area contributed by atoms with E-state index in [1.807, 2.05) is 47.7 Å². The first-order valence-corrected chi connectivity index (χ1v) is 11.5. The Morgan fingerprint density at radius 3 is 2.61 bits per heavy atom. The minimum Gasteiger partial charge on any atom is -0.363 e. The molecule has 3 aromatic rings. The Morgan fingerprint density at radius 2 is 1.94 bits per heavy atom. The fourth-order valence-corrected chi connectivity index (χ4v) is 4.62. The van der Waals surface area contributed by atoms with Gasteiger partial charge in [0.15, 0.2) is 5.13 Å². The van der Waals surface area contributed by atoms with Gasteiger partial charge in [-0.05, 0) is 19.2 Å². The summed E-state index contributed by atoms with van der Waals surface area (Å²) >= 11 is 1.35. The number of carbonyl (C=O) groups excluding carboxylic acids is 1. The third kappa shape index (κ3) is 4.94. The van der Waals surface area contributed by atoms with Crippen molar-refractivity contribution < 1.29 is 9.72 Å². The van der Waals surface area contributed by atoms with Gasteiger partial charge in [0, 0.05) is 55.3 Å². The predicted molar refractivity (Wildman–Crippen MR) is 132 cm³/mol. The van der Waals surface area contributed by atoms with E-state index in [0.717, 1.165) is 24.3 Å². The molecule has 0 aliphatic carbocycles. The molecule has 0 spiro atoms. The zero-order valence-electron chi connectivity index (χ0n) is 18.4. The molecule has 8 nitrogen and oxygen atoms in total. The zero-order valence-corrected chi connectivity index (χ0v) is 19.2. The molecule has 0 unspecified atom stereocenters. The number of likely N-dealkylation sites (N-methyl/N-ethyl adjacent to an activating group) is 1. The van der Waals surface area contributed by atoms with Crippen LogP contribution < -0.4 is 9.80 Å². The van der Waals surface area contributed by atoms with Gasteiger partial charge in [0.2, 0.25) is 0 Å². The number of carbonyl (C=O) groups is 1. The molecule has 1 aliphatic heterocycles. The summed E-state index contributed by atoms with van der Waals surface area (Å²) in [5, 5.41) is 14.3. The summed E-state index contributed by atoms with van der Waals surface area (Å²) in [6.45, 7) is 7.07. The molecule has 170 valence electrons. The normalized spacial score (nSPS) is 14.2. The average Bonchev–Trinajstić information content (AvgIpc) is 3.33. The number of amides is 1. The van der Waals surface area contributed by atoms with Crippen LogP contribution in [0.1, 0.15) is 10.4 Å². The highest BCUT2D eigenvalue weighted by Gasteiger charge is 2.27. The first-order chi connectivity index (χ1) is 16.0. The maximum atomic E-state index is 13.4. The fourth-order valence-electron chi connectivity index (χ4n) is 3.78. The maximum absolute atomic E-state index is 13.4. The number of nitro groups is 1. The van der Waals surface area contributed by atoms with Crippen molar-refractivity contribution in [2.24, 2.45) is 0 Å². The van der Waals surface area contributed by atoms with E-state index in [9.17, 15) is 14.9 Å². The molecule has 0 N–H and O–H groups in total. The number of rotatable bonds is 7. The molecular formula is C24H25N5O3S. The van der Waals surface area contributed by atoms with Crippen molar-refractivity contribution in [3.05, 3.63) is 82.2 Å². The number of piperazine rings is 1. The minimum absolute atomic E-state index is 0.0620. The Bertz CT molecular complexity index is 1160. The Hall–Kier alpha value is -3.56. The van der Waals surface area contributed by atoms with Crippen molar-refractivity contribution in [2.45, 2.75) is 0 Å². The van der Waals surface area contributed by atoms with E-state index in [1.54, 1.807) is 18.2 Å². The molecule has 0 atom stereocenters. The van der Waals surface area contributed by atoms with E-state index in [2.05, 4.69) is 16.5 Å². The van der Waals surface area contributed by atoms with Crippen LogP contribution in [0.5, 0.6) is 0 Å². The van der Waals surface area contributed by atoms with Crippen LogP contribution >= 0.6 is 11.3 Å². The Morgan fingerprint density at radius 1 is 1.21 bits per heavy atom. The van der Waals surface area contributed by atoms with Gasteiger partial charge in [-0.3, -0.25) is 19.8 Å².